The van der Waals surface area contributed by atoms with Gasteiger partial charge in [0.25, 0.3) is 5.56 Å². The Labute approximate surface area is 166 Å². The number of aromatic nitrogens is 2. The zero-order valence-corrected chi connectivity index (χ0v) is 16.7. The Morgan fingerprint density at radius 3 is 2.35 bits per heavy atom. The lowest BCUT2D eigenvalue weighted by atomic mass is 10.1. The lowest BCUT2D eigenvalue weighted by Gasteiger charge is -2.16. The van der Waals surface area contributed by atoms with Crippen LogP contribution < -0.4 is 11.3 Å². The summed E-state index contributed by atoms with van der Waals surface area (Å²) in [6.45, 7) is 0. The van der Waals surface area contributed by atoms with Crippen molar-refractivity contribution in [3.63, 3.8) is 0 Å². The van der Waals surface area contributed by atoms with Crippen molar-refractivity contribution in [2.24, 2.45) is 0 Å². The smallest absolute Gasteiger partial charge is 0.266 e. The number of nitrogens with zero attached hydrogens (tertiary/aromatic N) is 2. The van der Waals surface area contributed by atoms with Crippen LogP contribution >= 0.6 is 31.9 Å². The molecule has 0 radical (unpaired) electrons. The molecule has 0 unspecified atom stereocenters. The van der Waals surface area contributed by atoms with E-state index in [1.165, 1.54) is 0 Å². The normalized spacial score (nSPS) is 11.0. The first-order valence-electron chi connectivity index (χ1n) is 7.88. The van der Waals surface area contributed by atoms with Crippen LogP contribution in [0.2, 0.25) is 0 Å². The van der Waals surface area contributed by atoms with Crippen LogP contribution in [0, 0.1) is 0 Å². The van der Waals surface area contributed by atoms with Gasteiger partial charge in [0, 0.05) is 14.5 Å². The van der Waals surface area contributed by atoms with Crippen molar-refractivity contribution >= 4 is 48.5 Å². The third-order valence-electron chi connectivity index (χ3n) is 4.10. The molecule has 1 aromatic heterocycles. The molecule has 0 fully saturated rings. The molecule has 2 N–H and O–H groups in total. The molecule has 0 bridgehead atoms. The molecule has 0 aliphatic heterocycles. The van der Waals surface area contributed by atoms with Crippen LogP contribution in [0.1, 0.15) is 0 Å². The quantitative estimate of drug-likeness (QED) is 0.411. The third kappa shape index (κ3) is 2.85. The molecule has 4 rings (SSSR count). The summed E-state index contributed by atoms with van der Waals surface area (Å²) in [6, 6.07) is 20.6. The molecule has 3 aromatic carbocycles. The molecule has 0 spiro atoms. The fourth-order valence-electron chi connectivity index (χ4n) is 2.91. The lowest BCUT2D eigenvalue weighted by Crippen LogP contribution is -2.23. The average Bonchev–Trinajstić information content (AvgIpc) is 2.64. The lowest BCUT2D eigenvalue weighted by molar-refractivity contribution is 0.977. The van der Waals surface area contributed by atoms with E-state index in [0.29, 0.717) is 28.1 Å². The molecule has 1 heterocycles. The molecule has 4 aromatic rings. The van der Waals surface area contributed by atoms with E-state index < -0.39 is 0 Å². The van der Waals surface area contributed by atoms with Crippen LogP contribution in [0.5, 0.6) is 0 Å². The van der Waals surface area contributed by atoms with Crippen LogP contribution in [0.25, 0.3) is 28.0 Å². The van der Waals surface area contributed by atoms with E-state index in [1.807, 2.05) is 54.6 Å². The minimum absolute atomic E-state index is 0.172. The van der Waals surface area contributed by atoms with Gasteiger partial charge in [-0.15, -0.1) is 0 Å². The first-order valence-corrected chi connectivity index (χ1v) is 9.47. The van der Waals surface area contributed by atoms with E-state index >= 15 is 0 Å². The molecule has 0 aliphatic rings. The van der Waals surface area contributed by atoms with Crippen molar-refractivity contribution in [1.82, 2.24) is 9.55 Å². The average molecular weight is 471 g/mol. The number of benzene rings is 3. The molecule has 0 saturated carbocycles. The van der Waals surface area contributed by atoms with Crippen molar-refractivity contribution < 1.29 is 0 Å². The van der Waals surface area contributed by atoms with Gasteiger partial charge < -0.3 is 5.73 Å². The highest BCUT2D eigenvalue weighted by atomic mass is 79.9. The first kappa shape index (κ1) is 17.0. The number of hydrogen-bond acceptors (Lipinski definition) is 3. The number of nitrogen functional groups attached to an aromatic ring is 1. The highest BCUT2D eigenvalue weighted by Gasteiger charge is 2.17. The second kappa shape index (κ2) is 6.70. The minimum Gasteiger partial charge on any atom is -0.397 e. The van der Waals surface area contributed by atoms with Gasteiger partial charge >= 0.3 is 0 Å². The predicted octanol–water partition coefficient (Wildman–Crippen LogP) is 5.16. The third-order valence-corrected chi connectivity index (χ3v) is 5.16. The van der Waals surface area contributed by atoms with Gasteiger partial charge in [-0.25, -0.2) is 4.98 Å². The summed E-state index contributed by atoms with van der Waals surface area (Å²) in [5.74, 6) is 0.545. The van der Waals surface area contributed by atoms with Crippen LogP contribution in [-0.4, -0.2) is 9.55 Å². The molecule has 0 aliphatic carbocycles. The number of nitrogens with two attached hydrogens (primary N) is 1. The summed E-state index contributed by atoms with van der Waals surface area (Å²) >= 11 is 6.96. The van der Waals surface area contributed by atoms with Crippen LogP contribution in [0.3, 0.4) is 0 Å². The van der Waals surface area contributed by atoms with E-state index in [4.69, 9.17) is 10.7 Å². The Kier molecular flexibility index (Phi) is 4.38. The zero-order valence-electron chi connectivity index (χ0n) is 13.5. The van der Waals surface area contributed by atoms with Gasteiger partial charge in [0.1, 0.15) is 5.82 Å². The number of rotatable bonds is 2. The van der Waals surface area contributed by atoms with Crippen LogP contribution in [0.4, 0.5) is 5.69 Å². The predicted molar refractivity (Wildman–Crippen MR) is 113 cm³/mol. The molecule has 4 nitrogen and oxygen atoms in total. The summed E-state index contributed by atoms with van der Waals surface area (Å²) in [5.41, 5.74) is 8.57. The van der Waals surface area contributed by atoms with Gasteiger partial charge in [-0.2, -0.15) is 0 Å². The van der Waals surface area contributed by atoms with E-state index in [-0.39, 0.29) is 5.56 Å². The summed E-state index contributed by atoms with van der Waals surface area (Å²) < 4.78 is 3.13. The Balaban J connectivity index is 2.20. The fourth-order valence-corrected chi connectivity index (χ4v) is 4.22. The molecule has 0 atom stereocenters. The Hall–Kier alpha value is -2.44. The van der Waals surface area contributed by atoms with Crippen molar-refractivity contribution in [3.8, 4) is 17.1 Å². The molecule has 0 amide bonds. The summed E-state index contributed by atoms with van der Waals surface area (Å²) in [4.78, 5) is 18.2. The summed E-state index contributed by atoms with van der Waals surface area (Å²) in [6.07, 6.45) is 0. The largest absolute Gasteiger partial charge is 0.397 e. The second-order valence-corrected chi connectivity index (χ2v) is 7.55. The second-order valence-electron chi connectivity index (χ2n) is 5.78. The summed E-state index contributed by atoms with van der Waals surface area (Å²) in [5, 5.41) is 0.509. The van der Waals surface area contributed by atoms with Crippen molar-refractivity contribution in [2.75, 3.05) is 5.73 Å². The fraction of sp³-hybridized carbons (Fsp3) is 0. The highest BCUT2D eigenvalue weighted by Crippen LogP contribution is 2.29. The maximum Gasteiger partial charge on any atom is 0.266 e. The molecule has 128 valence electrons. The first-order chi connectivity index (χ1) is 12.6. The zero-order chi connectivity index (χ0) is 18.3. The number of hydrogen-bond donors (Lipinski definition) is 1. The van der Waals surface area contributed by atoms with E-state index in [9.17, 15) is 4.79 Å². The minimum atomic E-state index is -0.172. The number of fused-ring (bicyclic) bond motifs is 1. The SMILES string of the molecule is Nc1ccccc1-n1c(-c2ccccc2)nc2c(Br)cc(Br)cc2c1=O. The number of para-hydroxylation sites is 2. The molecular weight excluding hydrogens is 458 g/mol. The van der Waals surface area contributed by atoms with Crippen LogP contribution in [-0.2, 0) is 0 Å². The van der Waals surface area contributed by atoms with E-state index in [0.717, 1.165) is 14.5 Å². The van der Waals surface area contributed by atoms with E-state index in [2.05, 4.69) is 31.9 Å². The van der Waals surface area contributed by atoms with Gasteiger partial charge in [0.2, 0.25) is 0 Å². The number of anilines is 1. The standard InChI is InChI=1S/C20H13Br2N3O/c21-13-10-14-18(15(22)11-13)24-19(12-6-2-1-3-7-12)25(20(14)26)17-9-5-4-8-16(17)23/h1-11H,23H2. The molecule has 0 saturated heterocycles. The Morgan fingerprint density at radius 1 is 0.923 bits per heavy atom. The molecule has 26 heavy (non-hydrogen) atoms. The monoisotopic (exact) mass is 469 g/mol. The van der Waals surface area contributed by atoms with Crippen molar-refractivity contribution in [3.05, 3.63) is 86.0 Å². The maximum atomic E-state index is 13.4. The maximum absolute atomic E-state index is 13.4. The van der Waals surface area contributed by atoms with Gasteiger partial charge in [-0.1, -0.05) is 58.4 Å². The highest BCUT2D eigenvalue weighted by molar-refractivity contribution is 9.11. The van der Waals surface area contributed by atoms with Crippen molar-refractivity contribution in [2.45, 2.75) is 0 Å². The van der Waals surface area contributed by atoms with Gasteiger partial charge in [-0.3, -0.25) is 9.36 Å². The molecule has 6 heteroatoms. The number of halogens is 2. The van der Waals surface area contributed by atoms with Gasteiger partial charge in [0.05, 0.1) is 22.3 Å². The van der Waals surface area contributed by atoms with Crippen molar-refractivity contribution in [1.29, 1.82) is 0 Å². The Bertz CT molecular complexity index is 1190. The summed E-state index contributed by atoms with van der Waals surface area (Å²) in [7, 11) is 0. The van der Waals surface area contributed by atoms with Gasteiger partial charge in [0.15, 0.2) is 0 Å². The Morgan fingerprint density at radius 2 is 1.62 bits per heavy atom. The van der Waals surface area contributed by atoms with Gasteiger partial charge in [-0.05, 0) is 40.2 Å². The molecular formula is C20H13Br2N3O. The van der Waals surface area contributed by atoms with E-state index in [1.54, 1.807) is 16.7 Å². The van der Waals surface area contributed by atoms with Crippen LogP contribution in [0.15, 0.2) is 80.5 Å². The topological polar surface area (TPSA) is 60.9 Å².